The molecule has 0 radical (unpaired) electrons. The van der Waals surface area contributed by atoms with Gasteiger partial charge < -0.3 is 4.90 Å². The molecule has 0 unspecified atom stereocenters. The second-order valence-corrected chi connectivity index (χ2v) is 5.74. The highest BCUT2D eigenvalue weighted by atomic mass is 16.2. The molecule has 2 fully saturated rings. The minimum atomic E-state index is 0.109. The van der Waals surface area contributed by atoms with Crippen molar-refractivity contribution in [3.05, 3.63) is 0 Å². The van der Waals surface area contributed by atoms with Gasteiger partial charge in [-0.05, 0) is 46.0 Å². The van der Waals surface area contributed by atoms with Gasteiger partial charge in [0, 0.05) is 18.0 Å². The molecule has 0 spiro atoms. The molecule has 0 aromatic heterocycles. The molecule has 1 saturated carbocycles. The van der Waals surface area contributed by atoms with E-state index in [4.69, 9.17) is 0 Å². The molecule has 2 aliphatic rings. The molecule has 0 N–H and O–H groups in total. The first kappa shape index (κ1) is 11.0. The third-order valence-corrected chi connectivity index (χ3v) is 4.12. The maximum Gasteiger partial charge on any atom is 0.226 e. The molecule has 1 amide bonds. The highest BCUT2D eigenvalue weighted by Gasteiger charge is 2.36. The van der Waals surface area contributed by atoms with E-state index in [2.05, 4.69) is 18.7 Å². The second-order valence-electron chi connectivity index (χ2n) is 5.74. The lowest BCUT2D eigenvalue weighted by atomic mass is 9.89. The first-order chi connectivity index (χ1) is 7.11. The maximum absolute atomic E-state index is 12.3. The van der Waals surface area contributed by atoms with Crippen LogP contribution < -0.4 is 0 Å². The second kappa shape index (κ2) is 4.15. The molecule has 2 nitrogen and oxygen atoms in total. The Kier molecular flexibility index (Phi) is 3.03. The Morgan fingerprint density at radius 2 is 1.80 bits per heavy atom. The summed E-state index contributed by atoms with van der Waals surface area (Å²) < 4.78 is 0. The first-order valence-electron chi connectivity index (χ1n) is 6.43. The van der Waals surface area contributed by atoms with Crippen molar-refractivity contribution in [2.45, 2.75) is 64.3 Å². The fraction of sp³-hybridized carbons (Fsp3) is 0.923. The van der Waals surface area contributed by atoms with E-state index in [0.717, 1.165) is 19.4 Å². The summed E-state index contributed by atoms with van der Waals surface area (Å²) in [5.74, 6) is 0.791. The number of likely N-dealkylation sites (tertiary alicyclic amines) is 1. The lowest BCUT2D eigenvalue weighted by Crippen LogP contribution is -2.52. The zero-order valence-corrected chi connectivity index (χ0v) is 10.1. The highest BCUT2D eigenvalue weighted by molar-refractivity contribution is 5.80. The smallest absolute Gasteiger partial charge is 0.226 e. The van der Waals surface area contributed by atoms with E-state index in [9.17, 15) is 4.79 Å². The molecule has 1 aliphatic heterocycles. The molecule has 0 atom stereocenters. The van der Waals surface area contributed by atoms with Gasteiger partial charge in [-0.15, -0.1) is 0 Å². The molecule has 2 rings (SSSR count). The van der Waals surface area contributed by atoms with Crippen molar-refractivity contribution in [2.24, 2.45) is 5.92 Å². The van der Waals surface area contributed by atoms with Crippen LogP contribution in [0.1, 0.15) is 58.8 Å². The molecule has 1 heterocycles. The van der Waals surface area contributed by atoms with Crippen LogP contribution in [0.25, 0.3) is 0 Å². The van der Waals surface area contributed by atoms with Crippen molar-refractivity contribution in [1.29, 1.82) is 0 Å². The summed E-state index contributed by atoms with van der Waals surface area (Å²) in [5.41, 5.74) is 0.109. The standard InChI is InChI=1S/C13H23NO/c1-13(2)9-5-6-10-14(13)12(15)11-7-3-4-8-11/h11H,3-10H2,1-2H3. The van der Waals surface area contributed by atoms with E-state index in [0.29, 0.717) is 11.8 Å². The highest BCUT2D eigenvalue weighted by Crippen LogP contribution is 2.33. The summed E-state index contributed by atoms with van der Waals surface area (Å²) in [4.78, 5) is 14.5. The van der Waals surface area contributed by atoms with Crippen LogP contribution >= 0.6 is 0 Å². The van der Waals surface area contributed by atoms with Gasteiger partial charge in [-0.1, -0.05) is 12.8 Å². The van der Waals surface area contributed by atoms with Crippen LogP contribution in [-0.4, -0.2) is 22.9 Å². The van der Waals surface area contributed by atoms with Gasteiger partial charge in [-0.25, -0.2) is 0 Å². The summed E-state index contributed by atoms with van der Waals surface area (Å²) in [6.07, 6.45) is 8.42. The Morgan fingerprint density at radius 1 is 1.13 bits per heavy atom. The number of amides is 1. The van der Waals surface area contributed by atoms with E-state index < -0.39 is 0 Å². The molecular weight excluding hydrogens is 186 g/mol. The quantitative estimate of drug-likeness (QED) is 0.650. The minimum Gasteiger partial charge on any atom is -0.337 e. The number of rotatable bonds is 1. The van der Waals surface area contributed by atoms with Crippen molar-refractivity contribution in [2.75, 3.05) is 6.54 Å². The monoisotopic (exact) mass is 209 g/mol. The summed E-state index contributed by atoms with van der Waals surface area (Å²) in [5, 5.41) is 0. The molecule has 86 valence electrons. The Hall–Kier alpha value is -0.530. The molecule has 2 heteroatoms. The molecular formula is C13H23NO. The zero-order chi connectivity index (χ0) is 10.9. The van der Waals surface area contributed by atoms with Crippen LogP contribution in [0.15, 0.2) is 0 Å². The Labute approximate surface area is 93.0 Å². The molecule has 0 aromatic rings. The third-order valence-electron chi connectivity index (χ3n) is 4.12. The number of hydrogen-bond acceptors (Lipinski definition) is 1. The predicted octanol–water partition coefficient (Wildman–Crippen LogP) is 2.97. The Morgan fingerprint density at radius 3 is 2.40 bits per heavy atom. The largest absolute Gasteiger partial charge is 0.337 e. The topological polar surface area (TPSA) is 20.3 Å². The zero-order valence-electron chi connectivity index (χ0n) is 10.1. The first-order valence-corrected chi connectivity index (χ1v) is 6.43. The maximum atomic E-state index is 12.3. The van der Waals surface area contributed by atoms with Crippen LogP contribution in [0, 0.1) is 5.92 Å². The van der Waals surface area contributed by atoms with Crippen LogP contribution in [-0.2, 0) is 4.79 Å². The van der Waals surface area contributed by atoms with Crippen molar-refractivity contribution in [3.8, 4) is 0 Å². The Balaban J connectivity index is 2.04. The van der Waals surface area contributed by atoms with Crippen molar-refractivity contribution < 1.29 is 4.79 Å². The minimum absolute atomic E-state index is 0.109. The number of nitrogens with zero attached hydrogens (tertiary/aromatic N) is 1. The molecule has 0 bridgehead atoms. The Bertz CT molecular complexity index is 241. The number of carbonyl (C=O) groups excluding carboxylic acids is 1. The summed E-state index contributed by atoms with van der Waals surface area (Å²) in [6, 6.07) is 0. The lowest BCUT2D eigenvalue weighted by Gasteiger charge is -2.43. The van der Waals surface area contributed by atoms with Gasteiger partial charge in [-0.3, -0.25) is 4.79 Å². The van der Waals surface area contributed by atoms with Gasteiger partial charge >= 0.3 is 0 Å². The lowest BCUT2D eigenvalue weighted by molar-refractivity contribution is -0.142. The van der Waals surface area contributed by atoms with Crippen LogP contribution in [0.3, 0.4) is 0 Å². The van der Waals surface area contributed by atoms with E-state index in [1.54, 1.807) is 0 Å². The van der Waals surface area contributed by atoms with Gasteiger partial charge in [0.25, 0.3) is 0 Å². The fourth-order valence-corrected chi connectivity index (χ4v) is 3.07. The van der Waals surface area contributed by atoms with Crippen LogP contribution in [0.2, 0.25) is 0 Å². The van der Waals surface area contributed by atoms with Gasteiger partial charge in [0.15, 0.2) is 0 Å². The third kappa shape index (κ3) is 2.19. The number of hydrogen-bond donors (Lipinski definition) is 0. The average molecular weight is 209 g/mol. The summed E-state index contributed by atoms with van der Waals surface area (Å²) in [6.45, 7) is 5.43. The number of carbonyl (C=O) groups is 1. The van der Waals surface area contributed by atoms with E-state index >= 15 is 0 Å². The normalized spacial score (nSPS) is 26.9. The predicted molar refractivity (Wildman–Crippen MR) is 61.6 cm³/mol. The summed E-state index contributed by atoms with van der Waals surface area (Å²) >= 11 is 0. The van der Waals surface area contributed by atoms with E-state index in [1.165, 1.54) is 32.1 Å². The number of piperidine rings is 1. The SMILES string of the molecule is CC1(C)CCCCN1C(=O)C1CCCC1. The van der Waals surface area contributed by atoms with Crippen molar-refractivity contribution in [1.82, 2.24) is 4.90 Å². The van der Waals surface area contributed by atoms with Crippen molar-refractivity contribution in [3.63, 3.8) is 0 Å². The molecule has 1 aliphatic carbocycles. The van der Waals surface area contributed by atoms with Crippen LogP contribution in [0.5, 0.6) is 0 Å². The molecule has 0 aromatic carbocycles. The van der Waals surface area contributed by atoms with Crippen molar-refractivity contribution >= 4 is 5.91 Å². The fourth-order valence-electron chi connectivity index (χ4n) is 3.07. The van der Waals surface area contributed by atoms with Gasteiger partial charge in [0.05, 0.1) is 0 Å². The van der Waals surface area contributed by atoms with Gasteiger partial charge in [0.1, 0.15) is 0 Å². The summed E-state index contributed by atoms with van der Waals surface area (Å²) in [7, 11) is 0. The molecule has 15 heavy (non-hydrogen) atoms. The van der Waals surface area contributed by atoms with Crippen LogP contribution in [0.4, 0.5) is 0 Å². The molecule has 1 saturated heterocycles. The van der Waals surface area contributed by atoms with Gasteiger partial charge in [-0.2, -0.15) is 0 Å². The van der Waals surface area contributed by atoms with Gasteiger partial charge in [0.2, 0.25) is 5.91 Å². The van der Waals surface area contributed by atoms with E-state index in [1.807, 2.05) is 0 Å². The van der Waals surface area contributed by atoms with E-state index in [-0.39, 0.29) is 5.54 Å². The average Bonchev–Trinajstić information content (AvgIpc) is 2.69.